The molecule has 29 heavy (non-hydrogen) atoms. The van der Waals surface area contributed by atoms with Gasteiger partial charge in [-0.1, -0.05) is 30.7 Å². The molecule has 0 aliphatic rings. The molecule has 0 aliphatic heterocycles. The highest BCUT2D eigenvalue weighted by Gasteiger charge is 2.11. The van der Waals surface area contributed by atoms with Crippen molar-refractivity contribution in [1.29, 1.82) is 0 Å². The normalized spacial score (nSPS) is 11.1. The van der Waals surface area contributed by atoms with E-state index >= 15 is 0 Å². The van der Waals surface area contributed by atoms with Gasteiger partial charge in [-0.3, -0.25) is 4.79 Å². The fourth-order valence-electron chi connectivity index (χ4n) is 2.84. The first-order valence-electron chi connectivity index (χ1n) is 9.50. The number of aromatic amines is 1. The summed E-state index contributed by atoms with van der Waals surface area (Å²) in [5, 5.41) is 3.30. The van der Waals surface area contributed by atoms with Crippen LogP contribution < -0.4 is 14.8 Å². The Bertz CT molecular complexity index is 981. The van der Waals surface area contributed by atoms with Gasteiger partial charge in [0, 0.05) is 19.0 Å². The van der Waals surface area contributed by atoms with E-state index in [0.717, 1.165) is 28.8 Å². The van der Waals surface area contributed by atoms with Gasteiger partial charge in [-0.2, -0.15) is 0 Å². The lowest BCUT2D eigenvalue weighted by atomic mass is 10.2. The third-order valence-corrected chi connectivity index (χ3v) is 4.51. The number of hydrogen-bond acceptors (Lipinski definition) is 4. The summed E-state index contributed by atoms with van der Waals surface area (Å²) in [6, 6.07) is 11.4. The molecule has 2 aromatic carbocycles. The van der Waals surface area contributed by atoms with Crippen molar-refractivity contribution in [1.82, 2.24) is 15.3 Å². The van der Waals surface area contributed by atoms with E-state index in [1.165, 1.54) is 6.08 Å². The molecule has 1 heterocycles. The van der Waals surface area contributed by atoms with Gasteiger partial charge in [0.05, 0.1) is 29.8 Å². The number of carbonyl (C=O) groups excluding carboxylic acids is 1. The number of halogens is 1. The van der Waals surface area contributed by atoms with Crippen molar-refractivity contribution >= 4 is 34.6 Å². The molecule has 2 N–H and O–H groups in total. The van der Waals surface area contributed by atoms with Crippen molar-refractivity contribution in [2.45, 2.75) is 19.8 Å². The van der Waals surface area contributed by atoms with Crippen LogP contribution in [0.4, 0.5) is 0 Å². The van der Waals surface area contributed by atoms with Gasteiger partial charge in [-0.05, 0) is 42.3 Å². The van der Waals surface area contributed by atoms with Crippen molar-refractivity contribution in [2.75, 3.05) is 20.3 Å². The number of fused-ring (bicyclic) bond motifs is 1. The van der Waals surface area contributed by atoms with E-state index < -0.39 is 0 Å². The van der Waals surface area contributed by atoms with Gasteiger partial charge in [0.25, 0.3) is 0 Å². The first-order chi connectivity index (χ1) is 14.1. The van der Waals surface area contributed by atoms with Crippen molar-refractivity contribution in [2.24, 2.45) is 0 Å². The third kappa shape index (κ3) is 5.51. The lowest BCUT2D eigenvalue weighted by molar-refractivity contribution is -0.116. The second-order valence-electron chi connectivity index (χ2n) is 6.46. The SMILES string of the molecule is CCCOc1c(Cl)cc(/C=C/C(=O)NCCc2nc3ccccc3[nH]2)cc1OC. The average Bonchev–Trinajstić information content (AvgIpc) is 3.14. The summed E-state index contributed by atoms with van der Waals surface area (Å²) in [5.74, 6) is 1.71. The summed E-state index contributed by atoms with van der Waals surface area (Å²) in [6.45, 7) is 3.06. The van der Waals surface area contributed by atoms with E-state index in [-0.39, 0.29) is 5.91 Å². The fourth-order valence-corrected chi connectivity index (χ4v) is 3.11. The number of hydrogen-bond donors (Lipinski definition) is 2. The average molecular weight is 414 g/mol. The van der Waals surface area contributed by atoms with Crippen LogP contribution in [0.2, 0.25) is 5.02 Å². The quantitative estimate of drug-likeness (QED) is 0.510. The van der Waals surface area contributed by atoms with Crippen LogP contribution in [0.25, 0.3) is 17.1 Å². The monoisotopic (exact) mass is 413 g/mol. The number of para-hydroxylation sites is 2. The van der Waals surface area contributed by atoms with E-state index in [1.807, 2.05) is 31.2 Å². The molecule has 0 saturated heterocycles. The molecule has 0 spiro atoms. The molecule has 3 rings (SSSR count). The van der Waals surface area contributed by atoms with E-state index in [1.54, 1.807) is 25.3 Å². The molecule has 0 saturated carbocycles. The Labute approximate surface area is 174 Å². The second kappa shape index (κ2) is 9.98. The minimum Gasteiger partial charge on any atom is -0.493 e. The minimum absolute atomic E-state index is 0.192. The summed E-state index contributed by atoms with van der Waals surface area (Å²) in [4.78, 5) is 19.8. The number of nitrogens with zero attached hydrogens (tertiary/aromatic N) is 1. The summed E-state index contributed by atoms with van der Waals surface area (Å²) in [5.41, 5.74) is 2.67. The second-order valence-corrected chi connectivity index (χ2v) is 6.86. The molecule has 7 heteroatoms. The van der Waals surface area contributed by atoms with E-state index in [2.05, 4.69) is 15.3 Å². The zero-order chi connectivity index (χ0) is 20.6. The van der Waals surface area contributed by atoms with Gasteiger partial charge in [0.15, 0.2) is 11.5 Å². The van der Waals surface area contributed by atoms with E-state index in [4.69, 9.17) is 21.1 Å². The summed E-state index contributed by atoms with van der Waals surface area (Å²) in [6.07, 6.45) is 4.65. The summed E-state index contributed by atoms with van der Waals surface area (Å²) < 4.78 is 11.0. The number of carbonyl (C=O) groups is 1. The highest BCUT2D eigenvalue weighted by molar-refractivity contribution is 6.32. The number of imidazole rings is 1. The Morgan fingerprint density at radius 3 is 2.90 bits per heavy atom. The van der Waals surface area contributed by atoms with Crippen molar-refractivity contribution in [3.63, 3.8) is 0 Å². The summed E-state index contributed by atoms with van der Waals surface area (Å²) >= 11 is 6.30. The molecule has 0 radical (unpaired) electrons. The predicted octanol–water partition coefficient (Wildman–Crippen LogP) is 4.39. The molecular formula is C22H24ClN3O3. The molecule has 0 atom stereocenters. The third-order valence-electron chi connectivity index (χ3n) is 4.23. The maximum atomic E-state index is 12.1. The fraction of sp³-hybridized carbons (Fsp3) is 0.273. The zero-order valence-electron chi connectivity index (χ0n) is 16.5. The van der Waals surface area contributed by atoms with Crippen LogP contribution in [0.5, 0.6) is 11.5 Å². The first kappa shape index (κ1) is 20.7. The first-order valence-corrected chi connectivity index (χ1v) is 9.88. The molecule has 0 fully saturated rings. The highest BCUT2D eigenvalue weighted by Crippen LogP contribution is 2.36. The molecule has 1 amide bonds. The van der Waals surface area contributed by atoms with Crippen LogP contribution in [-0.4, -0.2) is 36.1 Å². The number of nitrogens with one attached hydrogen (secondary N) is 2. The van der Waals surface area contributed by atoms with Crippen molar-refractivity contribution in [3.8, 4) is 11.5 Å². The molecule has 0 unspecified atom stereocenters. The van der Waals surface area contributed by atoms with Crippen LogP contribution >= 0.6 is 11.6 Å². The smallest absolute Gasteiger partial charge is 0.244 e. The molecule has 0 aliphatic carbocycles. The van der Waals surface area contributed by atoms with E-state index in [0.29, 0.717) is 36.1 Å². The van der Waals surface area contributed by atoms with E-state index in [9.17, 15) is 4.79 Å². The number of H-pyrrole nitrogens is 1. The predicted molar refractivity (Wildman–Crippen MR) is 116 cm³/mol. The number of amides is 1. The van der Waals surface area contributed by atoms with Crippen LogP contribution in [0.1, 0.15) is 24.7 Å². The van der Waals surface area contributed by atoms with Crippen LogP contribution in [0.3, 0.4) is 0 Å². The number of benzene rings is 2. The Hall–Kier alpha value is -2.99. The van der Waals surface area contributed by atoms with Gasteiger partial charge >= 0.3 is 0 Å². The molecule has 0 bridgehead atoms. The molecule has 152 valence electrons. The largest absolute Gasteiger partial charge is 0.493 e. The standard InChI is InChI=1S/C22H24ClN3O3/c1-3-12-29-22-16(23)13-15(14-19(22)28-2)8-9-21(27)24-11-10-20-25-17-6-4-5-7-18(17)26-20/h4-9,13-14H,3,10-12H2,1-2H3,(H,24,27)(H,25,26)/b9-8+. The Kier molecular flexibility index (Phi) is 7.14. The van der Waals surface area contributed by atoms with Gasteiger partial charge in [-0.15, -0.1) is 0 Å². The zero-order valence-corrected chi connectivity index (χ0v) is 17.3. The number of methoxy groups -OCH3 is 1. The van der Waals surface area contributed by atoms with Gasteiger partial charge in [0.2, 0.25) is 5.91 Å². The number of aromatic nitrogens is 2. The Balaban J connectivity index is 1.56. The lowest BCUT2D eigenvalue weighted by Gasteiger charge is -2.12. The number of rotatable bonds is 9. The maximum Gasteiger partial charge on any atom is 0.244 e. The molecule has 1 aromatic heterocycles. The Morgan fingerprint density at radius 1 is 1.31 bits per heavy atom. The minimum atomic E-state index is -0.192. The number of ether oxygens (including phenoxy) is 2. The topological polar surface area (TPSA) is 76.2 Å². The van der Waals surface area contributed by atoms with Crippen molar-refractivity contribution in [3.05, 3.63) is 58.9 Å². The molecule has 6 nitrogen and oxygen atoms in total. The van der Waals surface area contributed by atoms with Crippen LogP contribution in [0, 0.1) is 0 Å². The van der Waals surface area contributed by atoms with Gasteiger partial charge in [0.1, 0.15) is 5.82 Å². The highest BCUT2D eigenvalue weighted by atomic mass is 35.5. The van der Waals surface area contributed by atoms with Crippen LogP contribution in [0.15, 0.2) is 42.5 Å². The Morgan fingerprint density at radius 2 is 2.14 bits per heavy atom. The lowest BCUT2D eigenvalue weighted by Crippen LogP contribution is -2.23. The molecule has 3 aromatic rings. The van der Waals surface area contributed by atoms with Crippen molar-refractivity contribution < 1.29 is 14.3 Å². The van der Waals surface area contributed by atoms with Gasteiger partial charge < -0.3 is 19.8 Å². The molecular weight excluding hydrogens is 390 g/mol. The van der Waals surface area contributed by atoms with Gasteiger partial charge in [-0.25, -0.2) is 4.98 Å². The maximum absolute atomic E-state index is 12.1. The van der Waals surface area contributed by atoms with Crippen LogP contribution in [-0.2, 0) is 11.2 Å². The summed E-state index contributed by atoms with van der Waals surface area (Å²) in [7, 11) is 1.56.